The summed E-state index contributed by atoms with van der Waals surface area (Å²) in [6.45, 7) is 0. The number of nitrogens with zero attached hydrogens (tertiary/aromatic N) is 3. The minimum absolute atomic E-state index is 0.398. The number of aromatic nitrogens is 3. The number of rotatable bonds is 2. The minimum Gasteiger partial charge on any atom is -0.464 e. The molecule has 0 aliphatic rings. The van der Waals surface area contributed by atoms with E-state index in [-0.39, 0.29) is 0 Å². The molecule has 0 unspecified atom stereocenters. The maximum Gasteiger partial charge on any atom is 0.159 e. The van der Waals surface area contributed by atoms with E-state index in [9.17, 15) is 0 Å². The van der Waals surface area contributed by atoms with Gasteiger partial charge in [-0.3, -0.25) is 0 Å². The zero-order valence-corrected chi connectivity index (χ0v) is 8.84. The number of fused-ring (bicyclic) bond motifs is 1. The summed E-state index contributed by atoms with van der Waals surface area (Å²) in [5.74, 6) is 0. The molecule has 0 atom stereocenters. The van der Waals surface area contributed by atoms with Crippen LogP contribution in [0.2, 0.25) is 0 Å². The third kappa shape index (κ3) is 1.56. The topological polar surface area (TPSA) is 78.5 Å². The Labute approximate surface area is 96.7 Å². The van der Waals surface area contributed by atoms with E-state index in [0.717, 1.165) is 16.5 Å². The van der Waals surface area contributed by atoms with E-state index in [1.54, 1.807) is 6.26 Å². The predicted octanol–water partition coefficient (Wildman–Crippen LogP) is 2.01. The van der Waals surface area contributed by atoms with E-state index < -0.39 is 0 Å². The fourth-order valence-electron chi connectivity index (χ4n) is 1.81. The second-order valence-electron chi connectivity index (χ2n) is 3.68. The van der Waals surface area contributed by atoms with Gasteiger partial charge in [-0.15, -0.1) is 5.10 Å². The molecule has 0 fully saturated rings. The first-order chi connectivity index (χ1) is 8.38. The fourth-order valence-corrected chi connectivity index (χ4v) is 1.81. The Morgan fingerprint density at radius 2 is 2.24 bits per heavy atom. The van der Waals surface area contributed by atoms with Crippen LogP contribution in [0.5, 0.6) is 0 Å². The Hall–Kier alpha value is -2.61. The van der Waals surface area contributed by atoms with E-state index in [4.69, 9.17) is 9.68 Å². The summed E-state index contributed by atoms with van der Waals surface area (Å²) in [6, 6.07) is 9.80. The summed E-state index contributed by atoms with van der Waals surface area (Å²) in [5.41, 5.74) is 2.88. The molecule has 5 nitrogen and oxygen atoms in total. The van der Waals surface area contributed by atoms with E-state index >= 15 is 0 Å². The first-order valence-corrected chi connectivity index (χ1v) is 5.13. The van der Waals surface area contributed by atoms with Crippen molar-refractivity contribution in [2.75, 3.05) is 0 Å². The quantitative estimate of drug-likeness (QED) is 0.722. The van der Waals surface area contributed by atoms with Gasteiger partial charge in [0.15, 0.2) is 5.69 Å². The van der Waals surface area contributed by atoms with Gasteiger partial charge in [0.25, 0.3) is 0 Å². The molecular weight excluding hydrogens is 216 g/mol. The van der Waals surface area contributed by atoms with Gasteiger partial charge < -0.3 is 4.42 Å². The van der Waals surface area contributed by atoms with Crippen molar-refractivity contribution in [1.29, 1.82) is 5.26 Å². The standard InChI is InChI=1S/C12H8N4O/c13-6-11-10(14-16-15-11)5-8-7-17-12-4-2-1-3-9(8)12/h1-4,7H,5H2,(H,14,15,16). The average Bonchev–Trinajstić information content (AvgIpc) is 2.97. The zero-order chi connectivity index (χ0) is 11.7. The molecule has 0 aliphatic heterocycles. The van der Waals surface area contributed by atoms with Gasteiger partial charge in [0.05, 0.1) is 6.26 Å². The van der Waals surface area contributed by atoms with Crippen molar-refractivity contribution in [3.8, 4) is 6.07 Å². The van der Waals surface area contributed by atoms with Gasteiger partial charge in [-0.2, -0.15) is 5.26 Å². The van der Waals surface area contributed by atoms with Gasteiger partial charge in [-0.25, -0.2) is 5.10 Å². The van der Waals surface area contributed by atoms with E-state index in [2.05, 4.69) is 15.4 Å². The summed E-state index contributed by atoms with van der Waals surface area (Å²) < 4.78 is 5.43. The van der Waals surface area contributed by atoms with Crippen LogP contribution in [0.4, 0.5) is 0 Å². The molecular formula is C12H8N4O. The Bertz CT molecular complexity index is 704. The molecule has 5 heteroatoms. The van der Waals surface area contributed by atoms with Crippen LogP contribution in [0, 0.1) is 11.3 Å². The van der Waals surface area contributed by atoms with Crippen molar-refractivity contribution < 1.29 is 4.42 Å². The molecule has 82 valence electrons. The monoisotopic (exact) mass is 224 g/mol. The van der Waals surface area contributed by atoms with Gasteiger partial charge in [-0.1, -0.05) is 23.4 Å². The van der Waals surface area contributed by atoms with Crippen LogP contribution in [-0.4, -0.2) is 15.4 Å². The lowest BCUT2D eigenvalue weighted by atomic mass is 10.1. The molecule has 2 heterocycles. The summed E-state index contributed by atoms with van der Waals surface area (Å²) in [4.78, 5) is 0. The lowest BCUT2D eigenvalue weighted by Crippen LogP contribution is -1.90. The van der Waals surface area contributed by atoms with Crippen molar-refractivity contribution in [3.05, 3.63) is 47.5 Å². The Kier molecular flexibility index (Phi) is 2.12. The van der Waals surface area contributed by atoms with Crippen molar-refractivity contribution in [2.24, 2.45) is 0 Å². The first-order valence-electron chi connectivity index (χ1n) is 5.13. The van der Waals surface area contributed by atoms with Gasteiger partial charge in [-0.05, 0) is 6.07 Å². The third-order valence-electron chi connectivity index (χ3n) is 2.65. The number of nitriles is 1. The molecule has 17 heavy (non-hydrogen) atoms. The maximum atomic E-state index is 8.86. The molecule has 2 aromatic heterocycles. The van der Waals surface area contributed by atoms with Gasteiger partial charge in [0.2, 0.25) is 0 Å². The highest BCUT2D eigenvalue weighted by atomic mass is 16.3. The SMILES string of the molecule is N#Cc1[nH]nnc1Cc1coc2ccccc12. The number of nitrogens with one attached hydrogen (secondary N) is 1. The number of benzene rings is 1. The molecule has 3 aromatic rings. The zero-order valence-electron chi connectivity index (χ0n) is 8.84. The summed E-state index contributed by atoms with van der Waals surface area (Å²) >= 11 is 0. The molecule has 0 saturated heterocycles. The highest BCUT2D eigenvalue weighted by molar-refractivity contribution is 5.81. The van der Waals surface area contributed by atoms with Crippen LogP contribution in [0.3, 0.4) is 0 Å². The second kappa shape index (κ2) is 3.76. The fraction of sp³-hybridized carbons (Fsp3) is 0.0833. The van der Waals surface area contributed by atoms with E-state index in [0.29, 0.717) is 17.8 Å². The molecule has 1 N–H and O–H groups in total. The largest absolute Gasteiger partial charge is 0.464 e. The van der Waals surface area contributed by atoms with Crippen LogP contribution in [-0.2, 0) is 6.42 Å². The number of hydrogen-bond acceptors (Lipinski definition) is 4. The third-order valence-corrected chi connectivity index (χ3v) is 2.65. The highest BCUT2D eigenvalue weighted by Crippen LogP contribution is 2.23. The lowest BCUT2D eigenvalue weighted by molar-refractivity contribution is 0.611. The summed E-state index contributed by atoms with van der Waals surface area (Å²) in [6.07, 6.45) is 2.23. The molecule has 1 aromatic carbocycles. The predicted molar refractivity (Wildman–Crippen MR) is 60.1 cm³/mol. The van der Waals surface area contributed by atoms with Crippen LogP contribution >= 0.6 is 0 Å². The first kappa shape index (κ1) is 9.60. The lowest BCUT2D eigenvalue weighted by Gasteiger charge is -1.94. The van der Waals surface area contributed by atoms with Crippen molar-refractivity contribution in [2.45, 2.75) is 6.42 Å². The summed E-state index contributed by atoms with van der Waals surface area (Å²) in [5, 5.41) is 20.0. The van der Waals surface area contributed by atoms with E-state index in [1.807, 2.05) is 30.3 Å². The molecule has 0 radical (unpaired) electrons. The van der Waals surface area contributed by atoms with Crippen molar-refractivity contribution in [1.82, 2.24) is 15.4 Å². The van der Waals surface area contributed by atoms with Gasteiger partial charge in [0.1, 0.15) is 17.3 Å². The van der Waals surface area contributed by atoms with Crippen LogP contribution in [0.15, 0.2) is 34.9 Å². The number of hydrogen-bond donors (Lipinski definition) is 1. The number of aromatic amines is 1. The molecule has 0 amide bonds. The maximum absolute atomic E-state index is 8.86. The van der Waals surface area contributed by atoms with Gasteiger partial charge >= 0.3 is 0 Å². The van der Waals surface area contributed by atoms with Crippen molar-refractivity contribution >= 4 is 11.0 Å². The average molecular weight is 224 g/mol. The minimum atomic E-state index is 0.398. The van der Waals surface area contributed by atoms with Crippen LogP contribution in [0.25, 0.3) is 11.0 Å². The van der Waals surface area contributed by atoms with Gasteiger partial charge in [0, 0.05) is 17.4 Å². The number of furan rings is 1. The molecule has 0 spiro atoms. The Balaban J connectivity index is 2.04. The number of H-pyrrole nitrogens is 1. The molecule has 3 rings (SSSR count). The van der Waals surface area contributed by atoms with Crippen LogP contribution in [0.1, 0.15) is 17.0 Å². The number of para-hydroxylation sites is 1. The highest BCUT2D eigenvalue weighted by Gasteiger charge is 2.11. The molecule has 0 saturated carbocycles. The smallest absolute Gasteiger partial charge is 0.159 e. The van der Waals surface area contributed by atoms with E-state index in [1.165, 1.54) is 0 Å². The normalized spacial score (nSPS) is 10.5. The molecule has 0 bridgehead atoms. The molecule has 0 aliphatic carbocycles. The van der Waals surface area contributed by atoms with Crippen LogP contribution < -0.4 is 0 Å². The summed E-state index contributed by atoms with van der Waals surface area (Å²) in [7, 11) is 0. The Morgan fingerprint density at radius 3 is 3.12 bits per heavy atom. The Morgan fingerprint density at radius 1 is 1.35 bits per heavy atom. The van der Waals surface area contributed by atoms with Crippen molar-refractivity contribution in [3.63, 3.8) is 0 Å². The second-order valence-corrected chi connectivity index (χ2v) is 3.68.